The van der Waals surface area contributed by atoms with E-state index in [2.05, 4.69) is 0 Å². The highest BCUT2D eigenvalue weighted by Gasteiger charge is 2.41. The number of benzene rings is 3. The Hall–Kier alpha value is -3.87. The maximum Gasteiger partial charge on any atom is 0.310 e. The van der Waals surface area contributed by atoms with Crippen molar-refractivity contribution in [1.29, 1.82) is 0 Å². The van der Waals surface area contributed by atoms with Crippen LogP contribution in [0.1, 0.15) is 47.1 Å². The van der Waals surface area contributed by atoms with Gasteiger partial charge in [0.15, 0.2) is 0 Å². The molecule has 0 aliphatic carbocycles. The van der Waals surface area contributed by atoms with E-state index in [1.807, 2.05) is 13.8 Å². The van der Waals surface area contributed by atoms with Gasteiger partial charge in [0, 0.05) is 5.39 Å². The van der Waals surface area contributed by atoms with E-state index in [0.29, 0.717) is 34.4 Å². The molecule has 164 valence electrons. The molecule has 0 spiro atoms. The maximum absolute atomic E-state index is 13.4. The van der Waals surface area contributed by atoms with Crippen LogP contribution in [0.4, 0.5) is 5.69 Å². The molecule has 4 rings (SSSR count). The number of carbonyl (C=O) groups excluding carboxylic acids is 3. The maximum atomic E-state index is 13.4. The van der Waals surface area contributed by atoms with Gasteiger partial charge in [0.05, 0.1) is 35.9 Å². The number of phenols is 1. The number of nitrogens with zero attached hydrogens (tertiary/aromatic N) is 1. The minimum absolute atomic E-state index is 0.0436. The van der Waals surface area contributed by atoms with Gasteiger partial charge in [-0.15, -0.1) is 0 Å². The van der Waals surface area contributed by atoms with Crippen LogP contribution in [0.15, 0.2) is 48.5 Å². The standard InChI is InChI=1S/C25H23NO6/c1-4-31-20(28)12-15-8-10-17(11-9-15)26-24(29)22-18(27)13-16-6-5-7-19(32-14(2)3)21(16)23(22)25(26)30/h5-11,13-14,27H,4,12H2,1-3H3. The highest BCUT2D eigenvalue weighted by molar-refractivity contribution is 6.39. The molecule has 3 aromatic carbocycles. The predicted octanol–water partition coefficient (Wildman–Crippen LogP) is 4.24. The Morgan fingerprint density at radius 3 is 2.38 bits per heavy atom. The molecular formula is C25H23NO6. The van der Waals surface area contributed by atoms with Crippen LogP contribution < -0.4 is 9.64 Å². The molecule has 0 aromatic heterocycles. The number of rotatable bonds is 6. The second kappa shape index (κ2) is 8.34. The van der Waals surface area contributed by atoms with E-state index in [9.17, 15) is 19.5 Å². The van der Waals surface area contributed by atoms with Gasteiger partial charge in [-0.3, -0.25) is 14.4 Å². The SMILES string of the molecule is CCOC(=O)Cc1ccc(N2C(=O)c3c(O)cc4cccc(OC(C)C)c4c3C2=O)cc1. The fourth-order valence-corrected chi connectivity index (χ4v) is 3.88. The van der Waals surface area contributed by atoms with E-state index >= 15 is 0 Å². The van der Waals surface area contributed by atoms with Crippen LogP contribution in [0.5, 0.6) is 11.5 Å². The Labute approximate surface area is 185 Å². The van der Waals surface area contributed by atoms with E-state index in [1.165, 1.54) is 6.07 Å². The quantitative estimate of drug-likeness (QED) is 0.462. The Balaban J connectivity index is 1.76. The molecule has 3 aromatic rings. The molecule has 0 fully saturated rings. The first-order chi connectivity index (χ1) is 15.3. The monoisotopic (exact) mass is 433 g/mol. The van der Waals surface area contributed by atoms with Gasteiger partial charge < -0.3 is 14.6 Å². The second-order valence-electron chi connectivity index (χ2n) is 7.76. The zero-order chi connectivity index (χ0) is 23.0. The van der Waals surface area contributed by atoms with Crippen molar-refractivity contribution in [3.63, 3.8) is 0 Å². The van der Waals surface area contributed by atoms with Crippen molar-refractivity contribution in [2.75, 3.05) is 11.5 Å². The van der Waals surface area contributed by atoms with E-state index < -0.39 is 11.8 Å². The van der Waals surface area contributed by atoms with Gasteiger partial charge in [-0.25, -0.2) is 4.90 Å². The number of hydrogen-bond donors (Lipinski definition) is 1. The molecule has 0 bridgehead atoms. The Bertz CT molecular complexity index is 1230. The molecular weight excluding hydrogens is 410 g/mol. The van der Waals surface area contributed by atoms with Crippen molar-refractivity contribution < 1.29 is 29.0 Å². The minimum atomic E-state index is -0.609. The molecule has 7 nitrogen and oxygen atoms in total. The fraction of sp³-hybridized carbons (Fsp3) is 0.240. The summed E-state index contributed by atoms with van der Waals surface area (Å²) in [6, 6.07) is 13.3. The molecule has 1 N–H and O–H groups in total. The zero-order valence-corrected chi connectivity index (χ0v) is 18.0. The molecule has 1 aliphatic rings. The Morgan fingerprint density at radius 1 is 1.03 bits per heavy atom. The number of ether oxygens (including phenoxy) is 2. The van der Waals surface area contributed by atoms with E-state index in [-0.39, 0.29) is 35.4 Å². The molecule has 1 heterocycles. The van der Waals surface area contributed by atoms with Crippen molar-refractivity contribution in [3.8, 4) is 11.5 Å². The number of fused-ring (bicyclic) bond motifs is 3. The zero-order valence-electron chi connectivity index (χ0n) is 18.0. The normalized spacial score (nSPS) is 13.1. The number of esters is 1. The summed E-state index contributed by atoms with van der Waals surface area (Å²) >= 11 is 0. The van der Waals surface area contributed by atoms with Gasteiger partial charge in [-0.05, 0) is 56.0 Å². The van der Waals surface area contributed by atoms with Crippen LogP contribution in [0.25, 0.3) is 10.8 Å². The van der Waals surface area contributed by atoms with Crippen LogP contribution in [0, 0.1) is 0 Å². The number of carbonyl (C=O) groups is 3. The van der Waals surface area contributed by atoms with Crippen molar-refractivity contribution in [1.82, 2.24) is 0 Å². The fourth-order valence-electron chi connectivity index (χ4n) is 3.88. The number of anilines is 1. The number of aromatic hydroxyl groups is 1. The summed E-state index contributed by atoms with van der Waals surface area (Å²) in [4.78, 5) is 39.3. The molecule has 0 saturated heterocycles. The van der Waals surface area contributed by atoms with Crippen LogP contribution >= 0.6 is 0 Å². The molecule has 7 heteroatoms. The highest BCUT2D eigenvalue weighted by Crippen LogP contribution is 2.42. The number of hydrogen-bond acceptors (Lipinski definition) is 6. The number of phenolic OH excluding ortho intramolecular Hbond substituents is 1. The summed E-state index contributed by atoms with van der Waals surface area (Å²) in [6.07, 6.45) is -0.0438. The van der Waals surface area contributed by atoms with Crippen molar-refractivity contribution in [2.45, 2.75) is 33.3 Å². The third kappa shape index (κ3) is 3.66. The topological polar surface area (TPSA) is 93.1 Å². The summed E-state index contributed by atoms with van der Waals surface area (Å²) in [5.41, 5.74) is 1.12. The smallest absolute Gasteiger partial charge is 0.310 e. The lowest BCUT2D eigenvalue weighted by Gasteiger charge is -2.15. The molecule has 0 unspecified atom stereocenters. The summed E-state index contributed by atoms with van der Waals surface area (Å²) < 4.78 is 10.8. The first-order valence-corrected chi connectivity index (χ1v) is 10.4. The summed E-state index contributed by atoms with van der Waals surface area (Å²) in [5.74, 6) is -1.28. The van der Waals surface area contributed by atoms with Crippen LogP contribution in [-0.2, 0) is 16.0 Å². The average molecular weight is 433 g/mol. The van der Waals surface area contributed by atoms with Gasteiger partial charge in [-0.1, -0.05) is 24.3 Å². The summed E-state index contributed by atoms with van der Waals surface area (Å²) in [7, 11) is 0. The molecule has 32 heavy (non-hydrogen) atoms. The Morgan fingerprint density at radius 2 is 1.72 bits per heavy atom. The molecule has 0 radical (unpaired) electrons. The highest BCUT2D eigenvalue weighted by atomic mass is 16.5. The van der Waals surface area contributed by atoms with Gasteiger partial charge in [0.1, 0.15) is 11.5 Å². The van der Waals surface area contributed by atoms with E-state index in [0.717, 1.165) is 4.90 Å². The van der Waals surface area contributed by atoms with Crippen molar-refractivity contribution in [3.05, 3.63) is 65.2 Å². The lowest BCUT2D eigenvalue weighted by Crippen LogP contribution is -2.29. The summed E-state index contributed by atoms with van der Waals surface area (Å²) in [5, 5.41) is 11.7. The minimum Gasteiger partial charge on any atom is -0.507 e. The molecule has 1 aliphatic heterocycles. The summed E-state index contributed by atoms with van der Waals surface area (Å²) in [6.45, 7) is 5.78. The second-order valence-corrected chi connectivity index (χ2v) is 7.76. The van der Waals surface area contributed by atoms with Crippen molar-refractivity contribution >= 4 is 34.2 Å². The third-order valence-corrected chi connectivity index (χ3v) is 5.15. The molecule has 0 atom stereocenters. The number of imide groups is 1. The lowest BCUT2D eigenvalue weighted by atomic mass is 9.98. The van der Waals surface area contributed by atoms with Gasteiger partial charge in [0.25, 0.3) is 11.8 Å². The first kappa shape index (κ1) is 21.4. The average Bonchev–Trinajstić information content (AvgIpc) is 3.00. The molecule has 2 amide bonds. The first-order valence-electron chi connectivity index (χ1n) is 10.4. The number of amides is 2. The van der Waals surface area contributed by atoms with Gasteiger partial charge in [-0.2, -0.15) is 0 Å². The third-order valence-electron chi connectivity index (χ3n) is 5.15. The van der Waals surface area contributed by atoms with Crippen LogP contribution in [0.3, 0.4) is 0 Å². The molecule has 0 saturated carbocycles. The predicted molar refractivity (Wildman–Crippen MR) is 119 cm³/mol. The van der Waals surface area contributed by atoms with E-state index in [1.54, 1.807) is 49.4 Å². The Kier molecular flexibility index (Phi) is 5.57. The van der Waals surface area contributed by atoms with Crippen LogP contribution in [0.2, 0.25) is 0 Å². The van der Waals surface area contributed by atoms with Gasteiger partial charge >= 0.3 is 5.97 Å². The van der Waals surface area contributed by atoms with Crippen LogP contribution in [-0.4, -0.2) is 35.6 Å². The van der Waals surface area contributed by atoms with Crippen molar-refractivity contribution in [2.24, 2.45) is 0 Å². The largest absolute Gasteiger partial charge is 0.507 e. The van der Waals surface area contributed by atoms with Gasteiger partial charge in [0.2, 0.25) is 0 Å². The lowest BCUT2D eigenvalue weighted by molar-refractivity contribution is -0.142. The van der Waals surface area contributed by atoms with E-state index in [4.69, 9.17) is 9.47 Å².